The van der Waals surface area contributed by atoms with Gasteiger partial charge in [0.1, 0.15) is 0 Å². The van der Waals surface area contributed by atoms with Crippen molar-refractivity contribution in [1.29, 1.82) is 0 Å². The Bertz CT molecular complexity index is 403. The minimum atomic E-state index is -0.00110. The van der Waals surface area contributed by atoms with E-state index in [0.29, 0.717) is 48.8 Å². The first-order valence-electron chi connectivity index (χ1n) is 8.09. The van der Waals surface area contributed by atoms with E-state index in [2.05, 4.69) is 13.8 Å². The number of esters is 1. The fourth-order valence-electron chi connectivity index (χ4n) is 4.29. The molecule has 8 unspecified atom stereocenters. The average Bonchev–Trinajstić information content (AvgIpc) is 3.12. The molecule has 0 amide bonds. The van der Waals surface area contributed by atoms with Crippen molar-refractivity contribution in [2.45, 2.75) is 63.9 Å². The molecule has 0 N–H and O–H groups in total. The largest absolute Gasteiger partial charge is 0.465 e. The molecule has 4 nitrogen and oxygen atoms in total. The lowest BCUT2D eigenvalue weighted by atomic mass is 9.73. The first kappa shape index (κ1) is 13.1. The summed E-state index contributed by atoms with van der Waals surface area (Å²) in [4.78, 5) is 12.3. The molecule has 5 rings (SSSR count). The molecule has 20 heavy (non-hydrogen) atoms. The number of epoxide rings is 1. The molecule has 3 aliphatic heterocycles. The van der Waals surface area contributed by atoms with Gasteiger partial charge in [0.2, 0.25) is 0 Å². The van der Waals surface area contributed by atoms with Crippen molar-refractivity contribution in [3.8, 4) is 0 Å². The molecule has 0 radical (unpaired) electrons. The van der Waals surface area contributed by atoms with Gasteiger partial charge >= 0.3 is 5.97 Å². The number of hydrogen-bond acceptors (Lipinski definition) is 4. The van der Waals surface area contributed by atoms with Gasteiger partial charge in [0.15, 0.2) is 0 Å². The van der Waals surface area contributed by atoms with E-state index in [4.69, 9.17) is 14.2 Å². The summed E-state index contributed by atoms with van der Waals surface area (Å²) in [6.45, 7) is 4.95. The van der Waals surface area contributed by atoms with Crippen molar-refractivity contribution in [1.82, 2.24) is 0 Å². The van der Waals surface area contributed by atoms with Crippen LogP contribution in [0.25, 0.3) is 0 Å². The first-order valence-corrected chi connectivity index (χ1v) is 8.09. The normalized spacial score (nSPS) is 52.7. The van der Waals surface area contributed by atoms with Crippen molar-refractivity contribution in [2.75, 3.05) is 6.61 Å². The molecular formula is C16H24O4. The Morgan fingerprint density at radius 2 is 1.80 bits per heavy atom. The lowest BCUT2D eigenvalue weighted by Crippen LogP contribution is -2.52. The van der Waals surface area contributed by atoms with Crippen LogP contribution in [0.1, 0.15) is 39.5 Å². The second-order valence-corrected chi connectivity index (χ2v) is 7.29. The van der Waals surface area contributed by atoms with Gasteiger partial charge in [-0.05, 0) is 31.1 Å². The number of fused-ring (bicyclic) bond motifs is 3. The molecule has 2 saturated carbocycles. The third-order valence-electron chi connectivity index (χ3n) is 5.97. The predicted octanol–water partition coefficient (Wildman–Crippen LogP) is 2.16. The summed E-state index contributed by atoms with van der Waals surface area (Å²) in [5.74, 6) is 1.45. The summed E-state index contributed by atoms with van der Waals surface area (Å²) in [7, 11) is 0. The van der Waals surface area contributed by atoms with Crippen LogP contribution >= 0.6 is 0 Å². The van der Waals surface area contributed by atoms with Gasteiger partial charge in [-0.3, -0.25) is 4.79 Å². The summed E-state index contributed by atoms with van der Waals surface area (Å²) in [6.07, 6.45) is 5.72. The van der Waals surface area contributed by atoms with Gasteiger partial charge in [-0.1, -0.05) is 13.8 Å². The summed E-state index contributed by atoms with van der Waals surface area (Å²) in [5.41, 5.74) is 0. The number of ether oxygens (including phenoxy) is 3. The van der Waals surface area contributed by atoms with Crippen LogP contribution in [0.5, 0.6) is 0 Å². The monoisotopic (exact) mass is 280 g/mol. The van der Waals surface area contributed by atoms with Gasteiger partial charge in [-0.25, -0.2) is 0 Å². The first-order chi connectivity index (χ1) is 9.61. The lowest BCUT2D eigenvalue weighted by molar-refractivity contribution is -0.210. The lowest BCUT2D eigenvalue weighted by Gasteiger charge is -2.49. The Hall–Kier alpha value is -0.610. The summed E-state index contributed by atoms with van der Waals surface area (Å²) >= 11 is 0. The smallest absolute Gasteiger partial charge is 0.309 e. The average molecular weight is 280 g/mol. The molecule has 4 heteroatoms. The highest BCUT2D eigenvalue weighted by Crippen LogP contribution is 2.44. The second-order valence-electron chi connectivity index (χ2n) is 7.29. The van der Waals surface area contributed by atoms with E-state index < -0.39 is 0 Å². The minimum absolute atomic E-state index is 0.00110. The van der Waals surface area contributed by atoms with Crippen molar-refractivity contribution < 1.29 is 19.0 Å². The number of carbonyl (C=O) groups is 1. The van der Waals surface area contributed by atoms with Crippen LogP contribution in [0, 0.1) is 23.7 Å². The Morgan fingerprint density at radius 3 is 2.55 bits per heavy atom. The maximum Gasteiger partial charge on any atom is 0.309 e. The van der Waals surface area contributed by atoms with E-state index >= 15 is 0 Å². The highest BCUT2D eigenvalue weighted by Gasteiger charge is 2.50. The second kappa shape index (κ2) is 4.70. The van der Waals surface area contributed by atoms with Crippen LogP contribution in [-0.2, 0) is 19.0 Å². The topological polar surface area (TPSA) is 48.1 Å². The van der Waals surface area contributed by atoms with Crippen molar-refractivity contribution in [3.63, 3.8) is 0 Å². The molecule has 0 aromatic heterocycles. The van der Waals surface area contributed by atoms with E-state index in [0.717, 1.165) is 19.3 Å². The maximum atomic E-state index is 12.3. The predicted molar refractivity (Wildman–Crippen MR) is 72.1 cm³/mol. The molecule has 112 valence electrons. The molecule has 3 heterocycles. The van der Waals surface area contributed by atoms with Gasteiger partial charge in [0.25, 0.3) is 0 Å². The Balaban J connectivity index is 1.29. The maximum absolute atomic E-state index is 12.3. The van der Waals surface area contributed by atoms with Crippen LogP contribution in [0.3, 0.4) is 0 Å². The third kappa shape index (κ3) is 2.17. The number of carbonyl (C=O) groups excluding carboxylic acids is 1. The minimum Gasteiger partial charge on any atom is -0.465 e. The molecule has 0 aromatic rings. The van der Waals surface area contributed by atoms with Crippen molar-refractivity contribution in [2.24, 2.45) is 23.7 Å². The molecule has 5 aliphatic rings. The van der Waals surface area contributed by atoms with Gasteiger partial charge in [-0.2, -0.15) is 0 Å². The number of rotatable bonds is 3. The van der Waals surface area contributed by atoms with E-state index in [9.17, 15) is 4.79 Å². The van der Waals surface area contributed by atoms with E-state index in [1.165, 1.54) is 6.42 Å². The molecule has 5 fully saturated rings. The zero-order chi connectivity index (χ0) is 13.9. The van der Waals surface area contributed by atoms with Crippen LogP contribution < -0.4 is 0 Å². The Labute approximate surface area is 120 Å². The Kier molecular flexibility index (Phi) is 3.08. The summed E-state index contributed by atoms with van der Waals surface area (Å²) in [6, 6.07) is 0. The fourth-order valence-corrected chi connectivity index (χ4v) is 4.29. The fraction of sp³-hybridized carbons (Fsp3) is 0.938. The van der Waals surface area contributed by atoms with Gasteiger partial charge in [0.05, 0.1) is 36.9 Å². The van der Waals surface area contributed by atoms with E-state index in [1.807, 2.05) is 0 Å². The van der Waals surface area contributed by atoms with Gasteiger partial charge in [0, 0.05) is 12.3 Å². The Morgan fingerprint density at radius 1 is 1.05 bits per heavy atom. The number of hydrogen-bond donors (Lipinski definition) is 0. The highest BCUT2D eigenvalue weighted by atomic mass is 16.6. The van der Waals surface area contributed by atoms with Crippen LogP contribution in [0.15, 0.2) is 0 Å². The molecule has 3 saturated heterocycles. The molecule has 8 atom stereocenters. The van der Waals surface area contributed by atoms with Crippen LogP contribution in [-0.4, -0.2) is 37.0 Å². The van der Waals surface area contributed by atoms with Crippen molar-refractivity contribution >= 4 is 5.97 Å². The van der Waals surface area contributed by atoms with E-state index in [-0.39, 0.29) is 11.9 Å². The molecule has 0 aromatic carbocycles. The summed E-state index contributed by atoms with van der Waals surface area (Å²) in [5, 5.41) is 0. The zero-order valence-corrected chi connectivity index (χ0v) is 12.3. The van der Waals surface area contributed by atoms with Crippen molar-refractivity contribution in [3.05, 3.63) is 0 Å². The van der Waals surface area contributed by atoms with Gasteiger partial charge < -0.3 is 14.2 Å². The van der Waals surface area contributed by atoms with Crippen LogP contribution in [0.2, 0.25) is 0 Å². The summed E-state index contributed by atoms with van der Waals surface area (Å²) < 4.78 is 16.9. The van der Waals surface area contributed by atoms with Crippen LogP contribution in [0.4, 0.5) is 0 Å². The highest BCUT2D eigenvalue weighted by molar-refractivity contribution is 5.73. The van der Waals surface area contributed by atoms with Gasteiger partial charge in [-0.15, -0.1) is 0 Å². The quantitative estimate of drug-likeness (QED) is 0.587. The van der Waals surface area contributed by atoms with E-state index in [1.54, 1.807) is 0 Å². The molecular weight excluding hydrogens is 256 g/mol. The molecule has 2 aliphatic carbocycles. The molecule has 2 bridgehead atoms. The third-order valence-corrected chi connectivity index (χ3v) is 5.97. The SMILES string of the molecule is CC1CC2OC2CC1C(=O)OCC1CC2CC(O2)C1C. The standard InChI is InChI=1S/C16H24O4/c1-8-3-14-15(20-14)6-12(8)16(17)18-7-10-4-11-5-13(19-11)9(10)2/h8-15H,3-7H2,1-2H3. The molecule has 0 spiro atoms. The zero-order valence-electron chi connectivity index (χ0n) is 12.3.